The summed E-state index contributed by atoms with van der Waals surface area (Å²) in [6.45, 7) is 0. The van der Waals surface area contributed by atoms with E-state index in [0.717, 1.165) is 0 Å². The van der Waals surface area contributed by atoms with Crippen LogP contribution in [0.1, 0.15) is 7.43 Å². The Labute approximate surface area is 70.4 Å². The summed E-state index contributed by atoms with van der Waals surface area (Å²) < 4.78 is 0. The summed E-state index contributed by atoms with van der Waals surface area (Å²) in [5, 5.41) is 0. The van der Waals surface area contributed by atoms with Gasteiger partial charge in [0.1, 0.15) is 0 Å². The van der Waals surface area contributed by atoms with E-state index in [1.54, 1.807) is 0 Å². The van der Waals surface area contributed by atoms with Crippen molar-refractivity contribution in [3.05, 3.63) is 0 Å². The van der Waals surface area contributed by atoms with E-state index in [9.17, 15) is 0 Å². The van der Waals surface area contributed by atoms with E-state index in [-0.39, 0.29) is 70.9 Å². The van der Waals surface area contributed by atoms with E-state index < -0.39 is 0 Å². The molecule has 0 spiro atoms. The largest absolute Gasteiger partial charge is 0.147 e. The smallest absolute Gasteiger partial charge is 0 e. The Hall–Kier alpha value is 1.75. The van der Waals surface area contributed by atoms with Crippen LogP contribution in [-0.4, -0.2) is 0 Å². The van der Waals surface area contributed by atoms with Crippen molar-refractivity contribution in [2.45, 2.75) is 7.43 Å². The van der Waals surface area contributed by atoms with Crippen molar-refractivity contribution in [2.75, 3.05) is 0 Å². The number of hydrogen-bond acceptors (Lipinski definition) is 0. The maximum Gasteiger partial charge on any atom is 0 e. The van der Waals surface area contributed by atoms with Crippen molar-refractivity contribution in [1.82, 2.24) is 0 Å². The molecule has 0 aromatic rings. The summed E-state index contributed by atoms with van der Waals surface area (Å²) in [5.41, 5.74) is 0. The summed E-state index contributed by atoms with van der Waals surface area (Å²) >= 11 is 0. The van der Waals surface area contributed by atoms with Gasteiger partial charge >= 0.3 is 0 Å². The van der Waals surface area contributed by atoms with Crippen LogP contribution in [0.3, 0.4) is 0 Å². The molecular weight excluding hydrogens is 210 g/mol. The van der Waals surface area contributed by atoms with Gasteiger partial charge in [0.15, 0.2) is 0 Å². The van der Waals surface area contributed by atoms with E-state index in [4.69, 9.17) is 0 Å². The van der Waals surface area contributed by atoms with Crippen LogP contribution in [0, 0.1) is 0 Å². The van der Waals surface area contributed by atoms with Gasteiger partial charge in [-0.1, -0.05) is 7.43 Å². The first-order chi connectivity index (χ1) is 0. The molecule has 0 nitrogen and oxygen atoms in total. The van der Waals surface area contributed by atoms with E-state index in [0.29, 0.717) is 0 Å². The van der Waals surface area contributed by atoms with Crippen LogP contribution in [0.25, 0.3) is 0 Å². The van der Waals surface area contributed by atoms with Crippen molar-refractivity contribution in [2.24, 2.45) is 0 Å². The predicted molar refractivity (Wildman–Crippen MR) is 28.5 cm³/mol. The monoisotopic (exact) mass is 214 g/mol. The first-order valence-corrected chi connectivity index (χ1v) is 0. The van der Waals surface area contributed by atoms with E-state index >= 15 is 0 Å². The number of halogens is 3. The van der Waals surface area contributed by atoms with Crippen LogP contribution in [0.4, 0.5) is 0 Å². The average molecular weight is 217 g/mol. The van der Waals surface area contributed by atoms with Crippen LogP contribution in [-0.2, 0) is 26.2 Å². The maximum atomic E-state index is 0. The predicted octanol–water partition coefficient (Wildman–Crippen LogP) is 1.90. The zero-order valence-electron chi connectivity index (χ0n) is 1.72. The van der Waals surface area contributed by atoms with E-state index in [1.807, 2.05) is 0 Å². The Morgan fingerprint density at radius 1 is 0.600 bits per heavy atom. The molecule has 0 aliphatic rings. The van der Waals surface area contributed by atoms with Crippen molar-refractivity contribution < 1.29 is 26.2 Å². The fourth-order valence-corrected chi connectivity index (χ4v) is 0. The Kier molecular flexibility index (Phi) is 615. The van der Waals surface area contributed by atoms with E-state index in [1.165, 1.54) is 0 Å². The third kappa shape index (κ3) is 26.4. The SMILES string of the molecule is C.Cl.Cl.Cl.[Zr]. The zero-order chi connectivity index (χ0) is 0. The molecule has 36 valence electrons. The maximum absolute atomic E-state index is 0. The molecule has 4 heteroatoms. The molecule has 0 radical (unpaired) electrons. The third-order valence-corrected chi connectivity index (χ3v) is 0. The molecule has 0 N–H and O–H groups in total. The van der Waals surface area contributed by atoms with Gasteiger partial charge in [0, 0.05) is 26.2 Å². The molecule has 0 aliphatic heterocycles. The second-order valence-corrected chi connectivity index (χ2v) is 0. The van der Waals surface area contributed by atoms with Crippen LogP contribution >= 0.6 is 37.2 Å². The molecule has 0 rings (SSSR count). The molecule has 0 saturated heterocycles. The third-order valence-electron chi connectivity index (χ3n) is 0. The summed E-state index contributed by atoms with van der Waals surface area (Å²) in [6, 6.07) is 0. The number of hydrogen-bond donors (Lipinski definition) is 0. The quantitative estimate of drug-likeness (QED) is 0.580. The summed E-state index contributed by atoms with van der Waals surface area (Å²) in [6.07, 6.45) is 0. The molecule has 0 aromatic carbocycles. The normalized spacial score (nSPS) is 0. The van der Waals surface area contributed by atoms with Gasteiger partial charge in [0.05, 0.1) is 0 Å². The van der Waals surface area contributed by atoms with Crippen molar-refractivity contribution in [1.29, 1.82) is 0 Å². The standard InChI is InChI=1S/CH4.3ClH.Zr/h1H4;3*1H;. The first kappa shape index (κ1) is 72.7. The van der Waals surface area contributed by atoms with Crippen molar-refractivity contribution in [3.8, 4) is 0 Å². The van der Waals surface area contributed by atoms with Crippen LogP contribution in [0.15, 0.2) is 0 Å². The van der Waals surface area contributed by atoms with Gasteiger partial charge < -0.3 is 0 Å². The molecule has 0 heterocycles. The molecule has 0 unspecified atom stereocenters. The molecular formula is CH7Cl3Zr. The van der Waals surface area contributed by atoms with Gasteiger partial charge in [0.2, 0.25) is 0 Å². The fourth-order valence-electron chi connectivity index (χ4n) is 0. The van der Waals surface area contributed by atoms with Crippen LogP contribution < -0.4 is 0 Å². The molecule has 0 bridgehead atoms. The first-order valence-electron chi connectivity index (χ1n) is 0. The molecule has 0 aliphatic carbocycles. The second-order valence-electron chi connectivity index (χ2n) is 0. The van der Waals surface area contributed by atoms with Crippen LogP contribution in [0.2, 0.25) is 0 Å². The molecule has 0 atom stereocenters. The van der Waals surface area contributed by atoms with Gasteiger partial charge in [-0.2, -0.15) is 0 Å². The molecule has 0 aromatic heterocycles. The zero-order valence-corrected chi connectivity index (χ0v) is 6.63. The summed E-state index contributed by atoms with van der Waals surface area (Å²) in [5.74, 6) is 0. The van der Waals surface area contributed by atoms with Gasteiger partial charge in [-0.3, -0.25) is 0 Å². The van der Waals surface area contributed by atoms with Crippen molar-refractivity contribution >= 4 is 37.2 Å². The van der Waals surface area contributed by atoms with E-state index in [2.05, 4.69) is 0 Å². The van der Waals surface area contributed by atoms with Gasteiger partial charge in [-0.25, -0.2) is 0 Å². The second kappa shape index (κ2) is 42.3. The molecule has 0 amide bonds. The van der Waals surface area contributed by atoms with Crippen LogP contribution in [0.5, 0.6) is 0 Å². The Balaban J connectivity index is 0. The molecule has 5 heavy (non-hydrogen) atoms. The number of rotatable bonds is 0. The average Bonchev–Trinajstić information content (AvgIpc) is 0. The minimum Gasteiger partial charge on any atom is -0.147 e. The van der Waals surface area contributed by atoms with Gasteiger partial charge in [-0.15, -0.1) is 37.2 Å². The summed E-state index contributed by atoms with van der Waals surface area (Å²) in [4.78, 5) is 0. The van der Waals surface area contributed by atoms with Gasteiger partial charge in [0.25, 0.3) is 0 Å². The fraction of sp³-hybridized carbons (Fsp3) is 1.00. The Morgan fingerprint density at radius 3 is 0.600 bits per heavy atom. The minimum absolute atomic E-state index is 0. The van der Waals surface area contributed by atoms with Gasteiger partial charge in [-0.05, 0) is 0 Å². The topological polar surface area (TPSA) is 0 Å². The minimum atomic E-state index is 0. The Bertz CT molecular complexity index is 6.85. The molecule has 0 fully saturated rings. The summed E-state index contributed by atoms with van der Waals surface area (Å²) in [7, 11) is 0. The van der Waals surface area contributed by atoms with Crippen molar-refractivity contribution in [3.63, 3.8) is 0 Å². The molecule has 0 saturated carbocycles. The Morgan fingerprint density at radius 2 is 0.600 bits per heavy atom.